The zero-order valence-electron chi connectivity index (χ0n) is 52.3. The number of nitrogens with two attached hydrogens (primary N) is 1. The summed E-state index contributed by atoms with van der Waals surface area (Å²) in [6, 6.07) is 17.3. The Morgan fingerprint density at radius 1 is 0.783 bits per heavy atom. The fourth-order valence-electron chi connectivity index (χ4n) is 13.0. The number of anilines is 3. The van der Waals surface area contributed by atoms with E-state index < -0.39 is 59.5 Å². The van der Waals surface area contributed by atoms with Crippen molar-refractivity contribution in [3.05, 3.63) is 95.6 Å². The molecule has 1 unspecified atom stereocenters. The second-order valence-electron chi connectivity index (χ2n) is 24.5. The summed E-state index contributed by atoms with van der Waals surface area (Å²) >= 11 is 6.56. The van der Waals surface area contributed by atoms with Crippen molar-refractivity contribution in [2.75, 3.05) is 101 Å². The van der Waals surface area contributed by atoms with Gasteiger partial charge < -0.3 is 65.3 Å². The number of likely N-dealkylation sites (N-methyl/N-ethyl adjacent to an activating group) is 1. The molecule has 2 saturated heterocycles. The molecule has 5 aliphatic heterocycles. The van der Waals surface area contributed by atoms with Crippen LogP contribution < -0.4 is 45.7 Å². The summed E-state index contributed by atoms with van der Waals surface area (Å²) in [6.45, 7) is 4.26. The highest BCUT2D eigenvalue weighted by molar-refractivity contribution is 6.19. The predicted octanol–water partition coefficient (Wildman–Crippen LogP) is 6.92. The molecule has 5 heterocycles. The average molecular weight is 1290 g/mol. The summed E-state index contributed by atoms with van der Waals surface area (Å²) in [6.07, 6.45) is 7.14. The van der Waals surface area contributed by atoms with Crippen LogP contribution in [0.3, 0.4) is 0 Å². The normalized spacial score (nSPS) is 19.4. The van der Waals surface area contributed by atoms with Crippen molar-refractivity contribution in [1.82, 2.24) is 30.2 Å². The molecule has 0 spiro atoms. The SMILES string of the molecule is COc1cc2c(cc1OCCCCCC(=O)N1C[C@@H](CCl)c3c1cc(OC(=O)N1CCN(C)CC1)c1ccccc31)N(C(=O)OCc1ccc(NC(=O)[C@H](CCCCN)NC(=O)C3(C(=O)NCCCCCN4C(=O)C=CC4=O)CCC3)cc1)C(O)[C@@H]1CCCN1C2=O. The number of aliphatic hydroxyl groups is 1. The van der Waals surface area contributed by atoms with Gasteiger partial charge >= 0.3 is 12.2 Å². The van der Waals surface area contributed by atoms with Gasteiger partial charge in [-0.1, -0.05) is 42.8 Å². The largest absolute Gasteiger partial charge is 0.493 e. The van der Waals surface area contributed by atoms with Gasteiger partial charge in [0.15, 0.2) is 17.7 Å². The quantitative estimate of drug-likeness (QED) is 0.0175. The molecule has 10 rings (SSSR count). The van der Waals surface area contributed by atoms with Crippen molar-refractivity contribution in [2.45, 2.75) is 127 Å². The number of aliphatic hydroxyl groups excluding tert-OH is 1. The van der Waals surface area contributed by atoms with E-state index in [2.05, 4.69) is 20.9 Å². The van der Waals surface area contributed by atoms with Gasteiger partial charge in [-0.2, -0.15) is 0 Å². The lowest BCUT2D eigenvalue weighted by molar-refractivity contribution is -0.151. The predicted molar refractivity (Wildman–Crippen MR) is 343 cm³/mol. The monoisotopic (exact) mass is 1290 g/mol. The Bertz CT molecular complexity index is 3430. The molecule has 25 heteroatoms. The number of benzene rings is 4. The molecule has 0 radical (unpaired) electrons. The summed E-state index contributed by atoms with van der Waals surface area (Å²) in [5.74, 6) is -1.58. The maximum atomic E-state index is 14.3. The highest BCUT2D eigenvalue weighted by Crippen LogP contribution is 2.47. The number of hydrogen-bond acceptors (Lipinski definition) is 16. The Morgan fingerprint density at radius 2 is 1.51 bits per heavy atom. The van der Waals surface area contributed by atoms with E-state index in [0.717, 1.165) is 34.3 Å². The maximum absolute atomic E-state index is 14.3. The number of halogens is 1. The molecule has 6 aliphatic rings. The van der Waals surface area contributed by atoms with Gasteiger partial charge in [0.05, 0.1) is 36.7 Å². The summed E-state index contributed by atoms with van der Waals surface area (Å²) in [4.78, 5) is 130. The lowest BCUT2D eigenvalue weighted by atomic mass is 9.67. The van der Waals surface area contributed by atoms with Crippen LogP contribution in [0.15, 0.2) is 78.9 Å². The van der Waals surface area contributed by atoms with Crippen LogP contribution in [0.1, 0.15) is 124 Å². The van der Waals surface area contributed by atoms with Crippen molar-refractivity contribution in [3.8, 4) is 17.2 Å². The minimum Gasteiger partial charge on any atom is -0.493 e. The van der Waals surface area contributed by atoms with E-state index in [1.54, 1.807) is 45.0 Å². The van der Waals surface area contributed by atoms with Crippen LogP contribution in [0.2, 0.25) is 0 Å². The van der Waals surface area contributed by atoms with Gasteiger partial charge in [-0.25, -0.2) is 14.5 Å². The first-order valence-electron chi connectivity index (χ1n) is 32.1. The van der Waals surface area contributed by atoms with Crippen LogP contribution in [0.5, 0.6) is 17.2 Å². The Kier molecular flexibility index (Phi) is 22.0. The molecule has 0 bridgehead atoms. The molecular weight excluding hydrogens is 1200 g/mol. The summed E-state index contributed by atoms with van der Waals surface area (Å²) in [7, 11) is 3.46. The van der Waals surface area contributed by atoms with Gasteiger partial charge in [0.1, 0.15) is 23.8 Å². The minimum atomic E-state index is -1.48. The molecule has 0 aromatic heterocycles. The number of piperazine rings is 1. The molecule has 92 heavy (non-hydrogen) atoms. The number of alkyl halides is 1. The van der Waals surface area contributed by atoms with Crippen molar-refractivity contribution >= 4 is 93.0 Å². The van der Waals surface area contributed by atoms with E-state index in [1.807, 2.05) is 31.3 Å². The number of methoxy groups -OCH3 is 1. The van der Waals surface area contributed by atoms with E-state index in [-0.39, 0.29) is 79.0 Å². The van der Waals surface area contributed by atoms with E-state index >= 15 is 0 Å². The lowest BCUT2D eigenvalue weighted by Crippen LogP contribution is -2.58. The third-order valence-corrected chi connectivity index (χ3v) is 18.9. The third-order valence-electron chi connectivity index (χ3n) is 18.5. The number of hydrogen-bond donors (Lipinski definition) is 5. The fourth-order valence-corrected chi connectivity index (χ4v) is 13.2. The van der Waals surface area contributed by atoms with Crippen LogP contribution in [-0.2, 0) is 40.1 Å². The highest BCUT2D eigenvalue weighted by atomic mass is 35.5. The van der Waals surface area contributed by atoms with Gasteiger partial charge in [-0.15, -0.1) is 11.6 Å². The fraction of sp³-hybridized carbons (Fsp3) is 0.507. The molecule has 24 nitrogen and oxygen atoms in total. The van der Waals surface area contributed by atoms with Crippen molar-refractivity contribution < 1.29 is 67.2 Å². The van der Waals surface area contributed by atoms with Gasteiger partial charge in [0, 0.05) is 106 Å². The smallest absolute Gasteiger partial charge is 0.416 e. The summed E-state index contributed by atoms with van der Waals surface area (Å²) in [5, 5.41) is 22.2. The molecule has 9 amide bonds. The topological polar surface area (TPSA) is 292 Å². The Labute approximate surface area is 539 Å². The van der Waals surface area contributed by atoms with Crippen LogP contribution in [-0.4, -0.2) is 182 Å². The van der Waals surface area contributed by atoms with Gasteiger partial charge in [0.25, 0.3) is 17.7 Å². The molecule has 492 valence electrons. The molecule has 4 aromatic carbocycles. The first-order chi connectivity index (χ1) is 44.5. The highest BCUT2D eigenvalue weighted by Gasteiger charge is 2.52. The van der Waals surface area contributed by atoms with Crippen molar-refractivity contribution in [3.63, 3.8) is 0 Å². The third kappa shape index (κ3) is 14.8. The number of carbonyl (C=O) groups is 9. The number of unbranched alkanes of at least 4 members (excludes halogenated alkanes) is 5. The van der Waals surface area contributed by atoms with Crippen LogP contribution in [0.4, 0.5) is 26.7 Å². The molecule has 1 aliphatic carbocycles. The number of amides is 9. The first kappa shape index (κ1) is 66.6. The number of carbonyl (C=O) groups excluding carboxylic acids is 9. The van der Waals surface area contributed by atoms with Gasteiger partial charge in [-0.05, 0) is 132 Å². The molecule has 1 saturated carbocycles. The molecule has 4 atom stereocenters. The van der Waals surface area contributed by atoms with Crippen molar-refractivity contribution in [1.29, 1.82) is 0 Å². The Morgan fingerprint density at radius 3 is 2.22 bits per heavy atom. The number of rotatable bonds is 27. The van der Waals surface area contributed by atoms with E-state index in [4.69, 9.17) is 36.3 Å². The average Bonchev–Trinajstić information content (AvgIpc) is 1.54. The number of nitrogens with one attached hydrogen (secondary N) is 3. The zero-order valence-corrected chi connectivity index (χ0v) is 53.1. The van der Waals surface area contributed by atoms with E-state index in [0.29, 0.717) is 151 Å². The molecular formula is C67H83ClN10O14. The number of ether oxygens (including phenoxy) is 4. The standard InChI is InChI=1S/C67H83ClN10O14/c1-73-32-34-74(35-33-73)65(87)92-53-39-52-59(47-16-7-6-15-46(47)53)44(40-68)41-77(52)56(79)19-5-3-12-36-90-55-38-51-48(37-54(55)89-2)61(83)75-31-13-18-50(75)62(84)78(51)66(88)91-42-43-20-22-45(23-21-43)71-60(82)49(17-8-9-28-69)72-64(86)67(26-14-27-67)63(85)70-29-10-4-11-30-76-57(80)24-25-58(76)81/h6-7,15-16,20-25,37-39,44,49-50,62,84H,3-5,8-14,17-19,26-36,40-42,69H2,1-2H3,(H,70,85)(H,71,82)(H,72,86)/t44-,49+,50+,62?/m1/s1. The van der Waals surface area contributed by atoms with Gasteiger partial charge in [-0.3, -0.25) is 38.5 Å². The van der Waals surface area contributed by atoms with Gasteiger partial charge in [0.2, 0.25) is 23.6 Å². The molecule has 3 fully saturated rings. The maximum Gasteiger partial charge on any atom is 0.416 e. The van der Waals surface area contributed by atoms with E-state index in [1.165, 1.54) is 36.3 Å². The second kappa shape index (κ2) is 30.4. The lowest BCUT2D eigenvalue weighted by Gasteiger charge is -2.39. The van der Waals surface area contributed by atoms with E-state index in [9.17, 15) is 48.3 Å². The zero-order chi connectivity index (χ0) is 65.1. The number of imide groups is 1. The Hall–Kier alpha value is -8.32. The Balaban J connectivity index is 0.734. The second-order valence-corrected chi connectivity index (χ2v) is 24.8. The van der Waals surface area contributed by atoms with Crippen molar-refractivity contribution in [2.24, 2.45) is 11.1 Å². The number of fused-ring (bicyclic) bond motifs is 5. The summed E-state index contributed by atoms with van der Waals surface area (Å²) < 4.78 is 23.9. The number of nitrogens with zero attached hydrogens (tertiary/aromatic N) is 6. The summed E-state index contributed by atoms with van der Waals surface area (Å²) in [5.41, 5.74) is 7.19. The first-order valence-corrected chi connectivity index (χ1v) is 32.7. The van der Waals surface area contributed by atoms with Crippen LogP contribution >= 0.6 is 11.6 Å². The minimum absolute atomic E-state index is 0.0716. The molecule has 6 N–H and O–H groups in total. The van der Waals surface area contributed by atoms with Crippen LogP contribution in [0.25, 0.3) is 10.8 Å². The van der Waals surface area contributed by atoms with Crippen LogP contribution in [0, 0.1) is 5.41 Å². The molecule has 4 aromatic rings.